The zero-order valence-corrected chi connectivity index (χ0v) is 14.1. The molecule has 1 aromatic heterocycles. The van der Waals surface area contributed by atoms with Gasteiger partial charge in [-0.15, -0.1) is 0 Å². The van der Waals surface area contributed by atoms with Crippen LogP contribution in [0.2, 0.25) is 5.02 Å². The van der Waals surface area contributed by atoms with Crippen molar-refractivity contribution in [3.8, 4) is 11.4 Å². The van der Waals surface area contributed by atoms with Gasteiger partial charge in [0.25, 0.3) is 0 Å². The van der Waals surface area contributed by atoms with Crippen LogP contribution in [0.15, 0.2) is 42.5 Å². The van der Waals surface area contributed by atoms with Gasteiger partial charge in [-0.1, -0.05) is 23.7 Å². The SMILES string of the molecule is CC1CCCN1c1nc(-c2ccccc2F)nc2ccc(Cl)cc12. The van der Waals surface area contributed by atoms with Gasteiger partial charge in [0.15, 0.2) is 5.82 Å². The van der Waals surface area contributed by atoms with Crippen LogP contribution in [0.4, 0.5) is 10.2 Å². The molecule has 1 saturated heterocycles. The molecule has 3 aromatic rings. The third kappa shape index (κ3) is 2.61. The predicted octanol–water partition coefficient (Wildman–Crippen LogP) is 5.08. The Labute approximate surface area is 145 Å². The van der Waals surface area contributed by atoms with E-state index in [0.29, 0.717) is 22.5 Å². The summed E-state index contributed by atoms with van der Waals surface area (Å²) >= 11 is 6.18. The fourth-order valence-electron chi connectivity index (χ4n) is 3.31. The van der Waals surface area contributed by atoms with Crippen LogP contribution in [-0.2, 0) is 0 Å². The van der Waals surface area contributed by atoms with Gasteiger partial charge >= 0.3 is 0 Å². The number of benzene rings is 2. The molecular weight excluding hydrogens is 325 g/mol. The second kappa shape index (κ2) is 6.02. The van der Waals surface area contributed by atoms with Crippen LogP contribution in [0.3, 0.4) is 0 Å². The molecule has 0 saturated carbocycles. The Morgan fingerprint density at radius 1 is 1.17 bits per heavy atom. The number of nitrogens with zero attached hydrogens (tertiary/aromatic N) is 3. The maximum Gasteiger partial charge on any atom is 0.165 e. The first-order valence-corrected chi connectivity index (χ1v) is 8.50. The summed E-state index contributed by atoms with van der Waals surface area (Å²) < 4.78 is 14.2. The Bertz CT molecular complexity index is 912. The number of anilines is 1. The lowest BCUT2D eigenvalue weighted by Crippen LogP contribution is -2.27. The Hall–Kier alpha value is -2.20. The minimum atomic E-state index is -0.314. The minimum absolute atomic E-state index is 0.314. The highest BCUT2D eigenvalue weighted by molar-refractivity contribution is 6.31. The van der Waals surface area contributed by atoms with Crippen molar-refractivity contribution in [2.24, 2.45) is 0 Å². The van der Waals surface area contributed by atoms with Crippen LogP contribution >= 0.6 is 11.6 Å². The quantitative estimate of drug-likeness (QED) is 0.651. The van der Waals surface area contributed by atoms with Gasteiger partial charge in [-0.3, -0.25) is 0 Å². The number of hydrogen-bond donors (Lipinski definition) is 0. The van der Waals surface area contributed by atoms with Gasteiger partial charge in [-0.05, 0) is 50.1 Å². The van der Waals surface area contributed by atoms with Gasteiger partial charge in [0, 0.05) is 23.0 Å². The molecule has 2 aromatic carbocycles. The molecule has 0 bridgehead atoms. The van der Waals surface area contributed by atoms with E-state index >= 15 is 0 Å². The Balaban J connectivity index is 1.97. The first kappa shape index (κ1) is 15.3. The summed E-state index contributed by atoms with van der Waals surface area (Å²) in [6, 6.07) is 12.6. The average molecular weight is 342 g/mol. The summed E-state index contributed by atoms with van der Waals surface area (Å²) in [6.07, 6.45) is 2.25. The van der Waals surface area contributed by atoms with Crippen molar-refractivity contribution in [1.82, 2.24) is 9.97 Å². The van der Waals surface area contributed by atoms with Gasteiger partial charge in [0.2, 0.25) is 0 Å². The van der Waals surface area contributed by atoms with Gasteiger partial charge in [-0.2, -0.15) is 0 Å². The molecule has 0 N–H and O–H groups in total. The first-order chi connectivity index (χ1) is 11.6. The van der Waals surface area contributed by atoms with E-state index in [-0.39, 0.29) is 5.82 Å². The molecule has 122 valence electrons. The highest BCUT2D eigenvalue weighted by Crippen LogP contribution is 2.33. The van der Waals surface area contributed by atoms with Crippen molar-refractivity contribution >= 4 is 28.3 Å². The third-order valence-electron chi connectivity index (χ3n) is 4.58. The molecule has 0 radical (unpaired) electrons. The molecule has 1 aliphatic heterocycles. The molecule has 0 amide bonds. The lowest BCUT2D eigenvalue weighted by Gasteiger charge is -2.24. The Kier molecular flexibility index (Phi) is 3.85. The first-order valence-electron chi connectivity index (χ1n) is 8.12. The van der Waals surface area contributed by atoms with E-state index < -0.39 is 0 Å². The number of hydrogen-bond acceptors (Lipinski definition) is 3. The minimum Gasteiger partial charge on any atom is -0.353 e. The van der Waals surface area contributed by atoms with Gasteiger partial charge in [-0.25, -0.2) is 14.4 Å². The molecule has 3 nitrogen and oxygen atoms in total. The molecule has 1 fully saturated rings. The highest BCUT2D eigenvalue weighted by Gasteiger charge is 2.25. The van der Waals surface area contributed by atoms with E-state index in [2.05, 4.69) is 16.8 Å². The standard InChI is InChI=1S/C19H17ClFN3/c1-12-5-4-10-24(12)19-15-11-13(20)8-9-17(15)22-18(23-19)14-6-2-3-7-16(14)21/h2-3,6-9,11-12H,4-5,10H2,1H3. The van der Waals surface area contributed by atoms with E-state index in [1.165, 1.54) is 6.07 Å². The van der Waals surface area contributed by atoms with Crippen molar-refractivity contribution < 1.29 is 4.39 Å². The predicted molar refractivity (Wildman–Crippen MR) is 96.0 cm³/mol. The third-order valence-corrected chi connectivity index (χ3v) is 4.81. The Morgan fingerprint density at radius 3 is 2.75 bits per heavy atom. The van der Waals surface area contributed by atoms with Crippen molar-refractivity contribution in [1.29, 1.82) is 0 Å². The van der Waals surface area contributed by atoms with Crippen LogP contribution in [0.1, 0.15) is 19.8 Å². The molecule has 2 heterocycles. The molecule has 1 atom stereocenters. The van der Waals surface area contributed by atoms with Crippen molar-refractivity contribution in [2.75, 3.05) is 11.4 Å². The maximum absolute atomic E-state index is 14.2. The maximum atomic E-state index is 14.2. The largest absolute Gasteiger partial charge is 0.353 e. The molecule has 1 unspecified atom stereocenters. The second-order valence-electron chi connectivity index (χ2n) is 6.20. The molecule has 24 heavy (non-hydrogen) atoms. The fraction of sp³-hybridized carbons (Fsp3) is 0.263. The second-order valence-corrected chi connectivity index (χ2v) is 6.63. The zero-order chi connectivity index (χ0) is 16.7. The van der Waals surface area contributed by atoms with Crippen molar-refractivity contribution in [3.05, 3.63) is 53.3 Å². The van der Waals surface area contributed by atoms with Gasteiger partial charge < -0.3 is 4.90 Å². The van der Waals surface area contributed by atoms with E-state index in [9.17, 15) is 4.39 Å². The van der Waals surface area contributed by atoms with Crippen molar-refractivity contribution in [2.45, 2.75) is 25.8 Å². The van der Waals surface area contributed by atoms with E-state index in [0.717, 1.165) is 36.1 Å². The van der Waals surface area contributed by atoms with E-state index in [4.69, 9.17) is 16.6 Å². The lowest BCUT2D eigenvalue weighted by atomic mass is 10.1. The smallest absolute Gasteiger partial charge is 0.165 e. The lowest BCUT2D eigenvalue weighted by molar-refractivity contribution is 0.630. The van der Waals surface area contributed by atoms with Crippen LogP contribution in [-0.4, -0.2) is 22.6 Å². The molecule has 1 aliphatic rings. The van der Waals surface area contributed by atoms with Crippen LogP contribution in [0, 0.1) is 5.82 Å². The highest BCUT2D eigenvalue weighted by atomic mass is 35.5. The molecule has 0 spiro atoms. The topological polar surface area (TPSA) is 29.0 Å². The summed E-state index contributed by atoms with van der Waals surface area (Å²) in [5.41, 5.74) is 1.20. The fourth-order valence-corrected chi connectivity index (χ4v) is 3.49. The van der Waals surface area contributed by atoms with Gasteiger partial charge in [0.1, 0.15) is 11.6 Å². The monoisotopic (exact) mass is 341 g/mol. The number of aromatic nitrogens is 2. The van der Waals surface area contributed by atoms with Gasteiger partial charge in [0.05, 0.1) is 11.1 Å². The zero-order valence-electron chi connectivity index (χ0n) is 13.3. The number of rotatable bonds is 2. The van der Waals surface area contributed by atoms with E-state index in [1.807, 2.05) is 12.1 Å². The number of fused-ring (bicyclic) bond motifs is 1. The van der Waals surface area contributed by atoms with Crippen LogP contribution in [0.5, 0.6) is 0 Å². The summed E-state index contributed by atoms with van der Waals surface area (Å²) in [5.74, 6) is 0.939. The molecule has 5 heteroatoms. The summed E-state index contributed by atoms with van der Waals surface area (Å²) in [6.45, 7) is 3.13. The van der Waals surface area contributed by atoms with Crippen molar-refractivity contribution in [3.63, 3.8) is 0 Å². The summed E-state index contributed by atoms with van der Waals surface area (Å²) in [4.78, 5) is 11.6. The summed E-state index contributed by atoms with van der Waals surface area (Å²) in [5, 5.41) is 1.56. The molecule has 4 rings (SSSR count). The summed E-state index contributed by atoms with van der Waals surface area (Å²) in [7, 11) is 0. The Morgan fingerprint density at radius 2 is 2.00 bits per heavy atom. The number of halogens is 2. The molecule has 0 aliphatic carbocycles. The van der Waals surface area contributed by atoms with Crippen LogP contribution < -0.4 is 4.90 Å². The normalized spacial score (nSPS) is 17.6. The molecular formula is C19H17ClFN3. The van der Waals surface area contributed by atoms with E-state index in [1.54, 1.807) is 24.3 Å². The van der Waals surface area contributed by atoms with Crippen LogP contribution in [0.25, 0.3) is 22.3 Å². The average Bonchev–Trinajstić information content (AvgIpc) is 3.00.